The van der Waals surface area contributed by atoms with Crippen molar-refractivity contribution in [3.63, 3.8) is 0 Å². The van der Waals surface area contributed by atoms with Gasteiger partial charge in [0.15, 0.2) is 0 Å². The van der Waals surface area contributed by atoms with Crippen LogP contribution in [-0.2, 0) is 11.3 Å². The van der Waals surface area contributed by atoms with Gasteiger partial charge in [-0.2, -0.15) is 0 Å². The van der Waals surface area contributed by atoms with Crippen molar-refractivity contribution in [2.24, 2.45) is 0 Å². The fourth-order valence-corrected chi connectivity index (χ4v) is 3.85. The number of morpholine rings is 1. The second-order valence-corrected chi connectivity index (χ2v) is 7.75. The highest BCUT2D eigenvalue weighted by atomic mass is 16.5. The second kappa shape index (κ2) is 8.65. The molecule has 1 fully saturated rings. The Kier molecular flexibility index (Phi) is 5.41. The number of anilines is 5. The average Bonchev–Trinajstić information content (AvgIpc) is 2.80. The van der Waals surface area contributed by atoms with Crippen LogP contribution in [0.2, 0.25) is 0 Å². The van der Waals surface area contributed by atoms with Crippen molar-refractivity contribution < 1.29 is 4.74 Å². The van der Waals surface area contributed by atoms with Gasteiger partial charge in [-0.1, -0.05) is 0 Å². The third-order valence-corrected chi connectivity index (χ3v) is 5.50. The van der Waals surface area contributed by atoms with Crippen molar-refractivity contribution in [3.8, 4) is 0 Å². The van der Waals surface area contributed by atoms with Gasteiger partial charge >= 0.3 is 0 Å². The molecule has 5 rings (SSSR count). The summed E-state index contributed by atoms with van der Waals surface area (Å²) >= 11 is 0. The molecule has 0 amide bonds. The summed E-state index contributed by atoms with van der Waals surface area (Å²) in [6.45, 7) is 6.21. The number of pyridine rings is 2. The Morgan fingerprint density at radius 3 is 2.65 bits per heavy atom. The molecule has 0 atom stereocenters. The highest BCUT2D eigenvalue weighted by Crippen LogP contribution is 2.29. The number of ether oxygens (including phenoxy) is 1. The Labute approximate surface area is 182 Å². The number of hydrogen-bond donors (Lipinski definition) is 3. The van der Waals surface area contributed by atoms with Crippen LogP contribution >= 0.6 is 0 Å². The number of aryl methyl sites for hydroxylation is 1. The van der Waals surface area contributed by atoms with Gasteiger partial charge in [0, 0.05) is 42.8 Å². The van der Waals surface area contributed by atoms with Crippen LogP contribution < -0.4 is 20.9 Å². The largest absolute Gasteiger partial charge is 0.387 e. The zero-order valence-electron chi connectivity index (χ0n) is 17.6. The van der Waals surface area contributed by atoms with Crippen molar-refractivity contribution in [1.29, 1.82) is 0 Å². The quantitative estimate of drug-likeness (QED) is 0.578. The third kappa shape index (κ3) is 4.46. The van der Waals surface area contributed by atoms with E-state index in [1.807, 2.05) is 18.3 Å². The molecule has 7 heteroatoms. The van der Waals surface area contributed by atoms with Crippen molar-refractivity contribution in [2.45, 2.75) is 13.5 Å². The van der Waals surface area contributed by atoms with Gasteiger partial charge in [-0.05, 0) is 72.8 Å². The topological polar surface area (TPSA) is 74.3 Å². The van der Waals surface area contributed by atoms with Crippen molar-refractivity contribution >= 4 is 34.9 Å². The number of hydrogen-bond acceptors (Lipinski definition) is 7. The standard InChI is InChI=1S/C24H26N6O/c1-17-6-9-26-22(14-17)28-23-15-18-7-8-25-16-21(18)24(29-23)27-19-2-4-20(5-3-19)30-10-12-31-13-11-30/h2-9,14-15,25H,10-13,16H2,1H3,(H2,26,27,28,29). The van der Waals surface area contributed by atoms with Crippen LogP contribution in [-0.4, -0.2) is 36.3 Å². The van der Waals surface area contributed by atoms with Gasteiger partial charge in [0.2, 0.25) is 0 Å². The third-order valence-electron chi connectivity index (χ3n) is 5.50. The van der Waals surface area contributed by atoms with Crippen LogP contribution in [0.1, 0.15) is 16.7 Å². The number of aromatic nitrogens is 2. The van der Waals surface area contributed by atoms with Gasteiger partial charge in [-0.25, -0.2) is 9.97 Å². The molecule has 158 valence electrons. The number of nitrogens with one attached hydrogen (secondary N) is 3. The van der Waals surface area contributed by atoms with Crippen LogP contribution in [0.4, 0.5) is 28.8 Å². The molecule has 1 aromatic carbocycles. The molecule has 0 bridgehead atoms. The van der Waals surface area contributed by atoms with Crippen LogP contribution in [0.25, 0.3) is 6.08 Å². The minimum atomic E-state index is 0.732. The van der Waals surface area contributed by atoms with Gasteiger partial charge in [-0.3, -0.25) is 0 Å². The smallest absolute Gasteiger partial charge is 0.138 e. The molecule has 0 unspecified atom stereocenters. The molecule has 0 saturated carbocycles. The lowest BCUT2D eigenvalue weighted by Crippen LogP contribution is -2.36. The second-order valence-electron chi connectivity index (χ2n) is 7.75. The van der Waals surface area contributed by atoms with Crippen LogP contribution in [0.15, 0.2) is 54.9 Å². The van der Waals surface area contributed by atoms with E-state index in [0.717, 1.165) is 72.7 Å². The van der Waals surface area contributed by atoms with E-state index in [-0.39, 0.29) is 0 Å². The van der Waals surface area contributed by atoms with E-state index < -0.39 is 0 Å². The highest BCUT2D eigenvalue weighted by molar-refractivity contribution is 5.72. The molecule has 2 aliphatic rings. The fourth-order valence-electron chi connectivity index (χ4n) is 3.85. The molecule has 3 aromatic rings. The van der Waals surface area contributed by atoms with E-state index in [4.69, 9.17) is 9.72 Å². The molecule has 0 radical (unpaired) electrons. The predicted octanol–water partition coefficient (Wildman–Crippen LogP) is 4.18. The number of nitrogens with zero attached hydrogens (tertiary/aromatic N) is 3. The Morgan fingerprint density at radius 2 is 1.84 bits per heavy atom. The lowest BCUT2D eigenvalue weighted by molar-refractivity contribution is 0.122. The van der Waals surface area contributed by atoms with Gasteiger partial charge in [0.25, 0.3) is 0 Å². The lowest BCUT2D eigenvalue weighted by atomic mass is 10.1. The first-order chi connectivity index (χ1) is 15.2. The van der Waals surface area contributed by atoms with Crippen LogP contribution in [0, 0.1) is 6.92 Å². The van der Waals surface area contributed by atoms with E-state index in [2.05, 4.69) is 69.2 Å². The van der Waals surface area contributed by atoms with E-state index in [0.29, 0.717) is 0 Å². The molecule has 1 saturated heterocycles. The maximum atomic E-state index is 5.45. The summed E-state index contributed by atoms with van der Waals surface area (Å²) in [5.41, 5.74) is 5.65. The summed E-state index contributed by atoms with van der Waals surface area (Å²) in [5, 5.41) is 10.1. The van der Waals surface area contributed by atoms with E-state index in [1.54, 1.807) is 6.20 Å². The van der Waals surface area contributed by atoms with Crippen molar-refractivity contribution in [3.05, 3.63) is 71.6 Å². The summed E-state index contributed by atoms with van der Waals surface area (Å²) in [7, 11) is 0. The first-order valence-electron chi connectivity index (χ1n) is 10.6. The molecular formula is C24H26N6O. The van der Waals surface area contributed by atoms with E-state index >= 15 is 0 Å². The average molecular weight is 415 g/mol. The van der Waals surface area contributed by atoms with E-state index in [9.17, 15) is 0 Å². The van der Waals surface area contributed by atoms with Crippen molar-refractivity contribution in [2.75, 3.05) is 41.8 Å². The summed E-state index contributed by atoms with van der Waals surface area (Å²) < 4.78 is 5.45. The van der Waals surface area contributed by atoms with Gasteiger partial charge in [-0.15, -0.1) is 0 Å². The van der Waals surface area contributed by atoms with Crippen LogP contribution in [0.3, 0.4) is 0 Å². The highest BCUT2D eigenvalue weighted by Gasteiger charge is 2.15. The first kappa shape index (κ1) is 19.4. The molecule has 4 heterocycles. The zero-order chi connectivity index (χ0) is 21.0. The first-order valence-corrected chi connectivity index (χ1v) is 10.6. The summed E-state index contributed by atoms with van der Waals surface area (Å²) in [6.07, 6.45) is 5.84. The van der Waals surface area contributed by atoms with Gasteiger partial charge < -0.3 is 25.6 Å². The van der Waals surface area contributed by atoms with Crippen LogP contribution in [0.5, 0.6) is 0 Å². The zero-order valence-corrected chi connectivity index (χ0v) is 17.6. The maximum Gasteiger partial charge on any atom is 0.138 e. The normalized spacial score (nSPS) is 15.2. The molecule has 31 heavy (non-hydrogen) atoms. The molecule has 2 aliphatic heterocycles. The SMILES string of the molecule is Cc1ccnc(Nc2cc3c(c(Nc4ccc(N5CCOCC5)cc4)n2)CNC=C3)c1. The minimum absolute atomic E-state index is 0.732. The summed E-state index contributed by atoms with van der Waals surface area (Å²) in [4.78, 5) is 11.6. The minimum Gasteiger partial charge on any atom is -0.387 e. The number of fused-ring (bicyclic) bond motifs is 1. The molecule has 3 N–H and O–H groups in total. The molecule has 7 nitrogen and oxygen atoms in total. The maximum absolute atomic E-state index is 5.45. The Hall–Kier alpha value is -3.58. The molecule has 2 aromatic heterocycles. The molecular weight excluding hydrogens is 388 g/mol. The summed E-state index contributed by atoms with van der Waals surface area (Å²) in [6, 6.07) is 14.6. The van der Waals surface area contributed by atoms with Gasteiger partial charge in [0.05, 0.1) is 13.2 Å². The number of benzene rings is 1. The Bertz CT molecular complexity index is 1090. The number of rotatable bonds is 5. The molecule has 0 spiro atoms. The van der Waals surface area contributed by atoms with E-state index in [1.165, 1.54) is 5.69 Å². The van der Waals surface area contributed by atoms with Crippen molar-refractivity contribution in [1.82, 2.24) is 15.3 Å². The lowest BCUT2D eigenvalue weighted by Gasteiger charge is -2.29. The summed E-state index contributed by atoms with van der Waals surface area (Å²) in [5.74, 6) is 2.38. The molecule has 0 aliphatic carbocycles. The van der Waals surface area contributed by atoms with Gasteiger partial charge in [0.1, 0.15) is 17.5 Å². The fraction of sp³-hybridized carbons (Fsp3) is 0.250. The Balaban J connectivity index is 1.40. The predicted molar refractivity (Wildman–Crippen MR) is 125 cm³/mol. The monoisotopic (exact) mass is 414 g/mol. The Morgan fingerprint density at radius 1 is 1.00 bits per heavy atom.